The van der Waals surface area contributed by atoms with Gasteiger partial charge < -0.3 is 4.90 Å². The minimum Gasteiger partial charge on any atom is -0.341 e. The molecule has 1 saturated heterocycles. The molecule has 1 aromatic carbocycles. The third-order valence-electron chi connectivity index (χ3n) is 6.25. The van der Waals surface area contributed by atoms with E-state index < -0.39 is 0 Å². The molecule has 1 atom stereocenters. The van der Waals surface area contributed by atoms with E-state index in [4.69, 9.17) is 4.98 Å². The molecule has 0 radical (unpaired) electrons. The van der Waals surface area contributed by atoms with Gasteiger partial charge in [-0.3, -0.25) is 14.3 Å². The number of hydrogen-bond donors (Lipinski definition) is 0. The number of rotatable bonds is 6. The van der Waals surface area contributed by atoms with Crippen molar-refractivity contribution in [2.24, 2.45) is 0 Å². The van der Waals surface area contributed by atoms with Gasteiger partial charge in [0.15, 0.2) is 11.0 Å². The standard InChI is InChI=1S/C24H24N6OS2/c31-21(29-12-4-6-17(14-29)23-26-19-7-1-2-8-20(19)33-23)15-32-24-28-27-22(30(24)18-9-10-18)16-5-3-11-25-13-16/h1-3,5,7-8,11,13,17-18H,4,6,9-10,12,14-15H2/t17-/m0/s1. The molecule has 0 spiro atoms. The third kappa shape index (κ3) is 4.27. The van der Waals surface area contributed by atoms with E-state index in [1.807, 2.05) is 29.3 Å². The normalized spacial score (nSPS) is 18.7. The van der Waals surface area contributed by atoms with Crippen molar-refractivity contribution in [3.63, 3.8) is 0 Å². The van der Waals surface area contributed by atoms with Crippen LogP contribution in [0.15, 0.2) is 53.9 Å². The van der Waals surface area contributed by atoms with Gasteiger partial charge in [-0.05, 0) is 49.9 Å². The monoisotopic (exact) mass is 476 g/mol. The van der Waals surface area contributed by atoms with Gasteiger partial charge in [0.2, 0.25) is 5.91 Å². The van der Waals surface area contributed by atoms with Crippen molar-refractivity contribution in [2.75, 3.05) is 18.8 Å². The van der Waals surface area contributed by atoms with E-state index in [2.05, 4.69) is 37.9 Å². The number of thioether (sulfide) groups is 1. The lowest BCUT2D eigenvalue weighted by atomic mass is 9.99. The van der Waals surface area contributed by atoms with Crippen LogP contribution in [0.25, 0.3) is 21.6 Å². The van der Waals surface area contributed by atoms with Crippen LogP contribution < -0.4 is 0 Å². The van der Waals surface area contributed by atoms with Gasteiger partial charge in [-0.1, -0.05) is 23.9 Å². The highest BCUT2D eigenvalue weighted by atomic mass is 32.2. The Hall–Kier alpha value is -2.78. The molecule has 0 N–H and O–H groups in total. The van der Waals surface area contributed by atoms with Crippen LogP contribution >= 0.6 is 23.1 Å². The molecule has 7 nitrogen and oxygen atoms in total. The summed E-state index contributed by atoms with van der Waals surface area (Å²) in [6.45, 7) is 1.56. The summed E-state index contributed by atoms with van der Waals surface area (Å²) in [5.41, 5.74) is 2.02. The number of aromatic nitrogens is 5. The van der Waals surface area contributed by atoms with E-state index >= 15 is 0 Å². The van der Waals surface area contributed by atoms with Gasteiger partial charge in [-0.25, -0.2) is 4.98 Å². The number of carbonyl (C=O) groups is 1. The Morgan fingerprint density at radius 2 is 2.03 bits per heavy atom. The number of thiazole rings is 1. The van der Waals surface area contributed by atoms with Crippen LogP contribution in [-0.4, -0.2) is 54.4 Å². The molecule has 9 heteroatoms. The first-order valence-electron chi connectivity index (χ1n) is 11.4. The molecule has 1 aliphatic carbocycles. The van der Waals surface area contributed by atoms with Crippen LogP contribution in [-0.2, 0) is 4.79 Å². The Balaban J connectivity index is 1.14. The Kier molecular flexibility index (Phi) is 5.59. The van der Waals surface area contributed by atoms with E-state index in [1.54, 1.807) is 17.5 Å². The fraction of sp³-hybridized carbons (Fsp3) is 0.375. The maximum Gasteiger partial charge on any atom is 0.233 e. The maximum absolute atomic E-state index is 13.1. The first kappa shape index (κ1) is 20.8. The number of likely N-dealkylation sites (tertiary alicyclic amines) is 1. The predicted molar refractivity (Wildman–Crippen MR) is 130 cm³/mol. The van der Waals surface area contributed by atoms with E-state index in [0.717, 1.165) is 65.8 Å². The summed E-state index contributed by atoms with van der Waals surface area (Å²) in [7, 11) is 0. The minimum atomic E-state index is 0.166. The number of amides is 1. The molecule has 2 fully saturated rings. The van der Waals surface area contributed by atoms with Crippen molar-refractivity contribution in [2.45, 2.75) is 42.8 Å². The number of piperidine rings is 1. The summed E-state index contributed by atoms with van der Waals surface area (Å²) in [4.78, 5) is 24.2. The van der Waals surface area contributed by atoms with Crippen LogP contribution in [0.2, 0.25) is 0 Å². The molecule has 33 heavy (non-hydrogen) atoms. The van der Waals surface area contributed by atoms with Crippen LogP contribution in [0, 0.1) is 0 Å². The fourth-order valence-corrected chi connectivity index (χ4v) is 6.42. The van der Waals surface area contributed by atoms with Crippen LogP contribution in [0.1, 0.15) is 42.7 Å². The van der Waals surface area contributed by atoms with Gasteiger partial charge in [0.05, 0.1) is 21.0 Å². The Labute approximate surface area is 200 Å². The molecule has 3 aromatic heterocycles. The van der Waals surface area contributed by atoms with Gasteiger partial charge in [-0.2, -0.15) is 0 Å². The third-order valence-corrected chi connectivity index (χ3v) is 8.38. The van der Waals surface area contributed by atoms with E-state index in [9.17, 15) is 4.79 Å². The maximum atomic E-state index is 13.1. The zero-order chi connectivity index (χ0) is 22.2. The summed E-state index contributed by atoms with van der Waals surface area (Å²) in [6, 6.07) is 12.6. The number of pyridine rings is 1. The fourth-order valence-electron chi connectivity index (χ4n) is 4.42. The average molecular weight is 477 g/mol. The molecule has 4 heterocycles. The predicted octanol–water partition coefficient (Wildman–Crippen LogP) is 4.78. The Morgan fingerprint density at radius 1 is 1.12 bits per heavy atom. The highest BCUT2D eigenvalue weighted by Crippen LogP contribution is 2.41. The van der Waals surface area contributed by atoms with Crippen LogP contribution in [0.4, 0.5) is 0 Å². The van der Waals surface area contributed by atoms with Gasteiger partial charge in [0, 0.05) is 43.0 Å². The molecular formula is C24H24N6OS2. The lowest BCUT2D eigenvalue weighted by Gasteiger charge is -2.31. The van der Waals surface area contributed by atoms with Crippen molar-refractivity contribution >= 4 is 39.2 Å². The number of benzene rings is 1. The average Bonchev–Trinajstić information content (AvgIpc) is 3.46. The van der Waals surface area contributed by atoms with Gasteiger partial charge >= 0.3 is 0 Å². The summed E-state index contributed by atoms with van der Waals surface area (Å²) >= 11 is 3.26. The zero-order valence-corrected chi connectivity index (χ0v) is 19.8. The van der Waals surface area contributed by atoms with Gasteiger partial charge in [0.1, 0.15) is 0 Å². The number of hydrogen-bond acceptors (Lipinski definition) is 7. The lowest BCUT2D eigenvalue weighted by Crippen LogP contribution is -2.40. The van der Waals surface area contributed by atoms with E-state index in [-0.39, 0.29) is 5.91 Å². The molecule has 0 unspecified atom stereocenters. The Bertz CT molecular complexity index is 1250. The molecule has 6 rings (SSSR count). The molecule has 1 aliphatic heterocycles. The molecule has 1 amide bonds. The Morgan fingerprint density at radius 3 is 2.85 bits per heavy atom. The number of para-hydroxylation sites is 1. The summed E-state index contributed by atoms with van der Waals surface area (Å²) in [5.74, 6) is 1.70. The topological polar surface area (TPSA) is 76.8 Å². The molecule has 4 aromatic rings. The molecule has 0 bridgehead atoms. The molecule has 2 aliphatic rings. The first-order chi connectivity index (χ1) is 16.3. The highest BCUT2D eigenvalue weighted by molar-refractivity contribution is 7.99. The second-order valence-corrected chi connectivity index (χ2v) is 10.6. The van der Waals surface area contributed by atoms with Crippen LogP contribution in [0.3, 0.4) is 0 Å². The smallest absolute Gasteiger partial charge is 0.233 e. The molecule has 168 valence electrons. The van der Waals surface area contributed by atoms with E-state index in [0.29, 0.717) is 17.7 Å². The summed E-state index contributed by atoms with van der Waals surface area (Å²) in [6.07, 6.45) is 7.93. The van der Waals surface area contributed by atoms with Gasteiger partial charge in [0.25, 0.3) is 0 Å². The first-order valence-corrected chi connectivity index (χ1v) is 13.2. The minimum absolute atomic E-state index is 0.166. The lowest BCUT2D eigenvalue weighted by molar-refractivity contribution is -0.129. The number of fused-ring (bicyclic) bond motifs is 1. The SMILES string of the molecule is O=C(CSc1nnc(-c2cccnc2)n1C1CC1)N1CCC[C@H](c2nc3ccccc3s2)C1. The second-order valence-electron chi connectivity index (χ2n) is 8.64. The van der Waals surface area contributed by atoms with Crippen molar-refractivity contribution in [1.82, 2.24) is 29.6 Å². The quantitative estimate of drug-likeness (QED) is 0.373. The summed E-state index contributed by atoms with van der Waals surface area (Å²) < 4.78 is 3.41. The van der Waals surface area contributed by atoms with Crippen molar-refractivity contribution < 1.29 is 4.79 Å². The largest absolute Gasteiger partial charge is 0.341 e. The van der Waals surface area contributed by atoms with Crippen molar-refractivity contribution in [3.05, 3.63) is 53.8 Å². The number of nitrogens with zero attached hydrogens (tertiary/aromatic N) is 6. The molecular weight excluding hydrogens is 452 g/mol. The number of carbonyl (C=O) groups excluding carboxylic acids is 1. The van der Waals surface area contributed by atoms with Crippen molar-refractivity contribution in [1.29, 1.82) is 0 Å². The molecule has 1 saturated carbocycles. The highest BCUT2D eigenvalue weighted by Gasteiger charge is 2.31. The van der Waals surface area contributed by atoms with E-state index in [1.165, 1.54) is 16.5 Å². The van der Waals surface area contributed by atoms with Gasteiger partial charge in [-0.15, -0.1) is 21.5 Å². The van der Waals surface area contributed by atoms with Crippen molar-refractivity contribution in [3.8, 4) is 11.4 Å². The second kappa shape index (κ2) is 8.87. The summed E-state index contributed by atoms with van der Waals surface area (Å²) in [5, 5.41) is 10.8. The zero-order valence-electron chi connectivity index (χ0n) is 18.1. The van der Waals surface area contributed by atoms with Crippen LogP contribution in [0.5, 0.6) is 0 Å².